The van der Waals surface area contributed by atoms with E-state index in [0.717, 1.165) is 21.0 Å². The maximum Gasteiger partial charge on any atom is 0.243 e. The van der Waals surface area contributed by atoms with Crippen LogP contribution in [0.3, 0.4) is 0 Å². The Bertz CT molecular complexity index is 843. The zero-order valence-corrected chi connectivity index (χ0v) is 13.4. The molecule has 2 aromatic carbocycles. The van der Waals surface area contributed by atoms with Crippen molar-refractivity contribution in [3.63, 3.8) is 0 Å². The van der Waals surface area contributed by atoms with Gasteiger partial charge in [0.05, 0.1) is 16.9 Å². The Morgan fingerprint density at radius 2 is 1.70 bits per heavy atom. The first-order valence-corrected chi connectivity index (χ1v) is 8.70. The average Bonchev–Trinajstić information content (AvgIpc) is 2.54. The molecule has 0 amide bonds. The van der Waals surface area contributed by atoms with Crippen molar-refractivity contribution in [2.24, 2.45) is 0 Å². The number of fused-ring (bicyclic) bond motifs is 1. The zero-order chi connectivity index (χ0) is 16.6. The van der Waals surface area contributed by atoms with Crippen molar-refractivity contribution in [2.45, 2.75) is 30.8 Å². The standard InChI is InChI=1S/C17H17NO4S/c1-12-6-8-15(9-7-12)23(21,22)18-11-14-5-3-2-4-13(14)10-16(18)17(19)20/h2-9,16H,10-11H2,1H3,(H,19,20)/p-1/t16-/m0/s1. The first kappa shape index (κ1) is 15.7. The van der Waals surface area contributed by atoms with Crippen molar-refractivity contribution in [2.75, 3.05) is 0 Å². The number of carbonyl (C=O) groups is 1. The van der Waals surface area contributed by atoms with Gasteiger partial charge in [-0.05, 0) is 36.6 Å². The minimum Gasteiger partial charge on any atom is -0.548 e. The van der Waals surface area contributed by atoms with Crippen LogP contribution >= 0.6 is 0 Å². The number of carboxylic acids is 1. The third-order valence-electron chi connectivity index (χ3n) is 4.11. The molecule has 1 aliphatic heterocycles. The number of carbonyl (C=O) groups excluding carboxylic acids is 1. The summed E-state index contributed by atoms with van der Waals surface area (Å²) in [6, 6.07) is 12.5. The minimum atomic E-state index is -3.90. The Morgan fingerprint density at radius 3 is 2.30 bits per heavy atom. The van der Waals surface area contributed by atoms with Gasteiger partial charge in [-0.1, -0.05) is 42.0 Å². The van der Waals surface area contributed by atoms with Crippen molar-refractivity contribution >= 4 is 16.0 Å². The van der Waals surface area contributed by atoms with Crippen LogP contribution < -0.4 is 5.11 Å². The molecule has 3 rings (SSSR count). The summed E-state index contributed by atoms with van der Waals surface area (Å²) >= 11 is 0. The maximum absolute atomic E-state index is 12.9. The van der Waals surface area contributed by atoms with E-state index in [9.17, 15) is 18.3 Å². The first-order chi connectivity index (χ1) is 10.9. The van der Waals surface area contributed by atoms with Gasteiger partial charge in [0.1, 0.15) is 0 Å². The summed E-state index contributed by atoms with van der Waals surface area (Å²) in [6.45, 7) is 1.89. The Labute approximate surface area is 135 Å². The van der Waals surface area contributed by atoms with E-state index < -0.39 is 22.0 Å². The van der Waals surface area contributed by atoms with E-state index >= 15 is 0 Å². The Kier molecular flexibility index (Phi) is 3.95. The molecule has 6 heteroatoms. The van der Waals surface area contributed by atoms with Crippen LogP contribution in [0.5, 0.6) is 0 Å². The fourth-order valence-corrected chi connectivity index (χ4v) is 4.35. The van der Waals surface area contributed by atoms with Gasteiger partial charge in [0, 0.05) is 6.54 Å². The van der Waals surface area contributed by atoms with Crippen LogP contribution in [0.25, 0.3) is 0 Å². The van der Waals surface area contributed by atoms with E-state index in [1.54, 1.807) is 12.1 Å². The second-order valence-corrected chi connectivity index (χ2v) is 7.56. The molecule has 2 aromatic rings. The number of carboxylic acid groups (broad SMARTS) is 1. The molecule has 0 fully saturated rings. The highest BCUT2D eigenvalue weighted by molar-refractivity contribution is 7.89. The van der Waals surface area contributed by atoms with E-state index in [1.165, 1.54) is 12.1 Å². The van der Waals surface area contributed by atoms with Gasteiger partial charge in [-0.2, -0.15) is 4.31 Å². The topological polar surface area (TPSA) is 77.5 Å². The van der Waals surface area contributed by atoms with Crippen LogP contribution in [0.15, 0.2) is 53.4 Å². The maximum atomic E-state index is 12.9. The van der Waals surface area contributed by atoms with E-state index in [4.69, 9.17) is 0 Å². The predicted octanol–water partition coefficient (Wildman–Crippen LogP) is 0.861. The molecule has 0 radical (unpaired) electrons. The molecular weight excluding hydrogens is 314 g/mol. The lowest BCUT2D eigenvalue weighted by atomic mass is 9.96. The molecule has 1 heterocycles. The van der Waals surface area contributed by atoms with E-state index in [0.29, 0.717) is 0 Å². The number of benzene rings is 2. The number of rotatable bonds is 3. The zero-order valence-electron chi connectivity index (χ0n) is 12.6. The van der Waals surface area contributed by atoms with Crippen molar-refractivity contribution < 1.29 is 18.3 Å². The fourth-order valence-electron chi connectivity index (χ4n) is 2.80. The SMILES string of the molecule is Cc1ccc(S(=O)(=O)N2Cc3ccccc3C[C@H]2C(=O)[O-])cc1. The van der Waals surface area contributed by atoms with Gasteiger partial charge in [0.25, 0.3) is 0 Å². The minimum absolute atomic E-state index is 0.0328. The van der Waals surface area contributed by atoms with Gasteiger partial charge >= 0.3 is 0 Å². The van der Waals surface area contributed by atoms with Gasteiger partial charge < -0.3 is 9.90 Å². The number of aryl methyl sites for hydroxylation is 1. The third kappa shape index (κ3) is 2.87. The van der Waals surface area contributed by atoms with Crippen LogP contribution in [-0.2, 0) is 27.8 Å². The molecule has 0 saturated heterocycles. The van der Waals surface area contributed by atoms with Crippen LogP contribution in [0, 0.1) is 6.92 Å². The number of sulfonamides is 1. The van der Waals surface area contributed by atoms with Gasteiger partial charge in [-0.3, -0.25) is 0 Å². The van der Waals surface area contributed by atoms with Crippen LogP contribution in [0.2, 0.25) is 0 Å². The summed E-state index contributed by atoms with van der Waals surface area (Å²) in [5.74, 6) is -1.38. The molecular formula is C17H16NO4S-. The van der Waals surface area contributed by atoms with Gasteiger partial charge in [0.2, 0.25) is 10.0 Å². The second kappa shape index (κ2) is 5.79. The molecule has 0 N–H and O–H groups in total. The summed E-state index contributed by atoms with van der Waals surface area (Å²) < 4.78 is 26.7. The highest BCUT2D eigenvalue weighted by atomic mass is 32.2. The fraction of sp³-hybridized carbons (Fsp3) is 0.235. The molecule has 0 aliphatic carbocycles. The average molecular weight is 330 g/mol. The summed E-state index contributed by atoms with van der Waals surface area (Å²) in [5.41, 5.74) is 2.60. The van der Waals surface area contributed by atoms with Crippen LogP contribution in [-0.4, -0.2) is 24.7 Å². The van der Waals surface area contributed by atoms with Crippen LogP contribution in [0.1, 0.15) is 16.7 Å². The number of nitrogens with zero attached hydrogens (tertiary/aromatic N) is 1. The summed E-state index contributed by atoms with van der Waals surface area (Å²) in [6.07, 6.45) is 0.115. The van der Waals surface area contributed by atoms with Crippen molar-refractivity contribution in [3.8, 4) is 0 Å². The lowest BCUT2D eigenvalue weighted by Gasteiger charge is -2.36. The molecule has 0 saturated carbocycles. The van der Waals surface area contributed by atoms with E-state index in [1.807, 2.05) is 31.2 Å². The molecule has 1 aliphatic rings. The van der Waals surface area contributed by atoms with E-state index in [-0.39, 0.29) is 17.9 Å². The van der Waals surface area contributed by atoms with Gasteiger partial charge in [-0.25, -0.2) is 8.42 Å². The van der Waals surface area contributed by atoms with E-state index in [2.05, 4.69) is 0 Å². The summed E-state index contributed by atoms with van der Waals surface area (Å²) in [5, 5.41) is 11.5. The monoisotopic (exact) mass is 330 g/mol. The Balaban J connectivity index is 2.05. The van der Waals surface area contributed by atoms with Crippen molar-refractivity contribution in [1.29, 1.82) is 0 Å². The highest BCUT2D eigenvalue weighted by Gasteiger charge is 2.36. The molecule has 0 unspecified atom stereocenters. The van der Waals surface area contributed by atoms with Crippen LogP contribution in [0.4, 0.5) is 0 Å². The lowest BCUT2D eigenvalue weighted by molar-refractivity contribution is -0.310. The quantitative estimate of drug-likeness (QED) is 0.836. The van der Waals surface area contributed by atoms with Gasteiger partial charge in [-0.15, -0.1) is 0 Å². The van der Waals surface area contributed by atoms with Crippen molar-refractivity contribution in [3.05, 3.63) is 65.2 Å². The molecule has 23 heavy (non-hydrogen) atoms. The summed E-state index contributed by atoms with van der Waals surface area (Å²) in [7, 11) is -3.90. The Morgan fingerprint density at radius 1 is 1.09 bits per heavy atom. The second-order valence-electron chi connectivity index (χ2n) is 5.67. The van der Waals surface area contributed by atoms with Crippen molar-refractivity contribution in [1.82, 2.24) is 4.31 Å². The number of hydrogen-bond acceptors (Lipinski definition) is 4. The first-order valence-electron chi connectivity index (χ1n) is 7.26. The number of hydrogen-bond donors (Lipinski definition) is 0. The van der Waals surface area contributed by atoms with Gasteiger partial charge in [0.15, 0.2) is 0 Å². The highest BCUT2D eigenvalue weighted by Crippen LogP contribution is 2.29. The molecule has 0 spiro atoms. The molecule has 5 nitrogen and oxygen atoms in total. The lowest BCUT2D eigenvalue weighted by Crippen LogP contribution is -2.53. The molecule has 1 atom stereocenters. The number of aliphatic carboxylic acids is 1. The summed E-state index contributed by atoms with van der Waals surface area (Å²) in [4.78, 5) is 11.6. The predicted molar refractivity (Wildman–Crippen MR) is 82.8 cm³/mol. The molecule has 120 valence electrons. The largest absolute Gasteiger partial charge is 0.548 e. The normalized spacial score (nSPS) is 18.4. The Hall–Kier alpha value is -2.18. The third-order valence-corrected chi connectivity index (χ3v) is 5.97. The molecule has 0 bridgehead atoms. The molecule has 0 aromatic heterocycles. The smallest absolute Gasteiger partial charge is 0.243 e.